The van der Waals surface area contributed by atoms with Gasteiger partial charge in [-0.15, -0.1) is 0 Å². The van der Waals surface area contributed by atoms with Gasteiger partial charge in [0, 0.05) is 19.2 Å². The van der Waals surface area contributed by atoms with Crippen molar-refractivity contribution in [1.82, 2.24) is 4.90 Å². The van der Waals surface area contributed by atoms with Gasteiger partial charge < -0.3 is 29.0 Å². The Hall–Kier alpha value is -2.78. The highest BCUT2D eigenvalue weighted by molar-refractivity contribution is 6.06. The van der Waals surface area contributed by atoms with E-state index in [1.54, 1.807) is 25.7 Å². The Morgan fingerprint density at radius 1 is 1.27 bits per heavy atom. The average molecular weight is 461 g/mol. The second kappa shape index (κ2) is 8.87. The van der Waals surface area contributed by atoms with Gasteiger partial charge in [-0.2, -0.15) is 0 Å². The molecule has 9 heteroatoms. The SMILES string of the molecule is C=C1C[C@H]2C(OC3CCCCO3)N(C(=O)OC(C)(C)C)c3cc(O)c(OC)cc3C(=O)N2C1. The fraction of sp³-hybridized carbons (Fsp3) is 0.583. The summed E-state index contributed by atoms with van der Waals surface area (Å²) in [6.07, 6.45) is 0.954. The van der Waals surface area contributed by atoms with Crippen LogP contribution in [0.1, 0.15) is 56.8 Å². The highest BCUT2D eigenvalue weighted by atomic mass is 16.7. The number of hydrogen-bond acceptors (Lipinski definition) is 7. The number of ether oxygens (including phenoxy) is 4. The number of carbonyl (C=O) groups is 2. The lowest BCUT2D eigenvalue weighted by Gasteiger charge is -2.39. The van der Waals surface area contributed by atoms with Crippen LogP contribution in [-0.4, -0.2) is 66.4 Å². The topological polar surface area (TPSA) is 97.8 Å². The van der Waals surface area contributed by atoms with Gasteiger partial charge in [-0.05, 0) is 52.5 Å². The van der Waals surface area contributed by atoms with Crippen LogP contribution in [-0.2, 0) is 14.2 Å². The third-order valence-electron chi connectivity index (χ3n) is 5.94. The number of benzene rings is 1. The van der Waals surface area contributed by atoms with Crippen LogP contribution in [0, 0.1) is 0 Å². The Balaban J connectivity index is 1.86. The molecular weight excluding hydrogens is 428 g/mol. The smallest absolute Gasteiger partial charge is 0.417 e. The summed E-state index contributed by atoms with van der Waals surface area (Å²) in [5, 5.41) is 10.5. The summed E-state index contributed by atoms with van der Waals surface area (Å²) in [5.74, 6) is -0.358. The van der Waals surface area contributed by atoms with Crippen LogP contribution in [0.3, 0.4) is 0 Å². The minimum Gasteiger partial charge on any atom is -0.504 e. The molecule has 180 valence electrons. The van der Waals surface area contributed by atoms with Crippen molar-refractivity contribution in [2.24, 2.45) is 0 Å². The van der Waals surface area contributed by atoms with Gasteiger partial charge in [-0.3, -0.25) is 4.79 Å². The number of anilines is 1. The Morgan fingerprint density at radius 3 is 2.67 bits per heavy atom. The van der Waals surface area contributed by atoms with E-state index >= 15 is 0 Å². The van der Waals surface area contributed by atoms with Gasteiger partial charge in [0.1, 0.15) is 5.60 Å². The van der Waals surface area contributed by atoms with E-state index in [1.165, 1.54) is 24.1 Å². The number of methoxy groups -OCH3 is 1. The quantitative estimate of drug-likeness (QED) is 0.685. The minimum atomic E-state index is -0.889. The number of phenolic OH excluding ortho intramolecular Hbond substituents is 1. The highest BCUT2D eigenvalue weighted by Crippen LogP contribution is 2.42. The molecule has 4 rings (SSSR count). The third-order valence-corrected chi connectivity index (χ3v) is 5.94. The van der Waals surface area contributed by atoms with Gasteiger partial charge in [-0.1, -0.05) is 12.2 Å². The van der Waals surface area contributed by atoms with Crippen LogP contribution in [0.4, 0.5) is 10.5 Å². The van der Waals surface area contributed by atoms with E-state index in [0.717, 1.165) is 18.4 Å². The number of fused-ring (bicyclic) bond motifs is 2. The predicted molar refractivity (Wildman–Crippen MR) is 120 cm³/mol. The second-order valence-corrected chi connectivity index (χ2v) is 9.67. The summed E-state index contributed by atoms with van der Waals surface area (Å²) >= 11 is 0. The van der Waals surface area contributed by atoms with Gasteiger partial charge >= 0.3 is 6.09 Å². The number of amides is 2. The highest BCUT2D eigenvalue weighted by Gasteiger charge is 2.49. The van der Waals surface area contributed by atoms with E-state index < -0.39 is 30.3 Å². The average Bonchev–Trinajstić information content (AvgIpc) is 3.10. The second-order valence-electron chi connectivity index (χ2n) is 9.67. The molecule has 3 aliphatic heterocycles. The largest absolute Gasteiger partial charge is 0.504 e. The van der Waals surface area contributed by atoms with E-state index in [-0.39, 0.29) is 28.7 Å². The summed E-state index contributed by atoms with van der Waals surface area (Å²) in [4.78, 5) is 30.2. The van der Waals surface area contributed by atoms with Crippen molar-refractivity contribution in [2.75, 3.05) is 25.2 Å². The van der Waals surface area contributed by atoms with Crippen molar-refractivity contribution < 1.29 is 33.6 Å². The molecule has 3 atom stereocenters. The van der Waals surface area contributed by atoms with Crippen LogP contribution < -0.4 is 9.64 Å². The molecule has 2 saturated heterocycles. The third kappa shape index (κ3) is 4.65. The Kier molecular flexibility index (Phi) is 6.28. The first kappa shape index (κ1) is 23.4. The molecule has 3 aliphatic rings. The zero-order valence-corrected chi connectivity index (χ0v) is 19.6. The number of aromatic hydroxyl groups is 1. The van der Waals surface area contributed by atoms with Crippen LogP contribution >= 0.6 is 0 Å². The molecule has 0 bridgehead atoms. The molecule has 3 heterocycles. The molecule has 0 saturated carbocycles. The molecule has 1 N–H and O–H groups in total. The maximum absolute atomic E-state index is 13.6. The maximum atomic E-state index is 13.6. The van der Waals surface area contributed by atoms with Gasteiger partial charge in [0.05, 0.1) is 24.4 Å². The Labute approximate surface area is 193 Å². The molecule has 0 aromatic heterocycles. The summed E-state index contributed by atoms with van der Waals surface area (Å²) in [6, 6.07) is 2.32. The standard InChI is InChI=1S/C24H32N2O7/c1-14-10-17-22(32-20-8-6-7-9-31-20)26(23(29)33-24(2,3)4)16-12-18(27)19(30-5)11-15(16)21(28)25(17)13-14/h11-12,17,20,22,27H,1,6-10,13H2,2-5H3/t17-,20?,22?/m0/s1. The fourth-order valence-corrected chi connectivity index (χ4v) is 4.50. The van der Waals surface area contributed by atoms with Crippen molar-refractivity contribution in [3.8, 4) is 11.5 Å². The molecule has 1 aromatic carbocycles. The van der Waals surface area contributed by atoms with E-state index in [9.17, 15) is 14.7 Å². The molecule has 33 heavy (non-hydrogen) atoms. The normalized spacial score (nSPS) is 25.4. The summed E-state index contributed by atoms with van der Waals surface area (Å²) in [5.41, 5.74) is 0.497. The molecule has 0 spiro atoms. The van der Waals surface area contributed by atoms with E-state index in [4.69, 9.17) is 18.9 Å². The molecule has 2 unspecified atom stereocenters. The van der Waals surface area contributed by atoms with E-state index in [0.29, 0.717) is 26.0 Å². The van der Waals surface area contributed by atoms with Crippen LogP contribution in [0.15, 0.2) is 24.3 Å². The van der Waals surface area contributed by atoms with Crippen molar-refractivity contribution in [1.29, 1.82) is 0 Å². The number of rotatable bonds is 3. The monoisotopic (exact) mass is 460 g/mol. The number of phenols is 1. The summed E-state index contributed by atoms with van der Waals surface area (Å²) < 4.78 is 23.1. The minimum absolute atomic E-state index is 0.135. The summed E-state index contributed by atoms with van der Waals surface area (Å²) in [7, 11) is 1.40. The Bertz CT molecular complexity index is 949. The first-order valence-corrected chi connectivity index (χ1v) is 11.3. The van der Waals surface area contributed by atoms with Gasteiger partial charge in [0.25, 0.3) is 5.91 Å². The first-order valence-electron chi connectivity index (χ1n) is 11.3. The molecule has 9 nitrogen and oxygen atoms in total. The molecule has 2 fully saturated rings. The molecule has 0 aliphatic carbocycles. The molecule has 1 aromatic rings. The van der Waals surface area contributed by atoms with Crippen molar-refractivity contribution in [2.45, 2.75) is 70.6 Å². The van der Waals surface area contributed by atoms with Crippen LogP contribution in [0.5, 0.6) is 11.5 Å². The van der Waals surface area contributed by atoms with Gasteiger partial charge in [0.15, 0.2) is 24.0 Å². The number of carbonyl (C=O) groups excluding carboxylic acids is 2. The molecule has 2 amide bonds. The number of hydrogen-bond donors (Lipinski definition) is 1. The number of nitrogens with zero attached hydrogens (tertiary/aromatic N) is 2. The zero-order valence-electron chi connectivity index (χ0n) is 19.6. The molecular formula is C24H32N2O7. The van der Waals surface area contributed by atoms with Crippen molar-refractivity contribution in [3.63, 3.8) is 0 Å². The van der Waals surface area contributed by atoms with Crippen molar-refractivity contribution >= 4 is 17.7 Å². The predicted octanol–water partition coefficient (Wildman–Crippen LogP) is 3.80. The zero-order chi connectivity index (χ0) is 23.9. The van der Waals surface area contributed by atoms with Gasteiger partial charge in [0.2, 0.25) is 0 Å². The lowest BCUT2D eigenvalue weighted by molar-refractivity contribution is -0.195. The summed E-state index contributed by atoms with van der Waals surface area (Å²) in [6.45, 7) is 10.3. The fourth-order valence-electron chi connectivity index (χ4n) is 4.50. The van der Waals surface area contributed by atoms with Crippen LogP contribution in [0.25, 0.3) is 0 Å². The van der Waals surface area contributed by atoms with Gasteiger partial charge in [-0.25, -0.2) is 9.69 Å². The van der Waals surface area contributed by atoms with Crippen molar-refractivity contribution in [3.05, 3.63) is 29.8 Å². The maximum Gasteiger partial charge on any atom is 0.417 e. The Morgan fingerprint density at radius 2 is 2.03 bits per heavy atom. The van der Waals surface area contributed by atoms with Crippen LogP contribution in [0.2, 0.25) is 0 Å². The molecule has 0 radical (unpaired) electrons. The lowest BCUT2D eigenvalue weighted by Crippen LogP contribution is -2.54. The lowest BCUT2D eigenvalue weighted by atomic mass is 10.1. The first-order chi connectivity index (χ1) is 15.6. The van der Waals surface area contributed by atoms with E-state index in [1.807, 2.05) is 0 Å². The van der Waals surface area contributed by atoms with E-state index in [2.05, 4.69) is 6.58 Å².